The summed E-state index contributed by atoms with van der Waals surface area (Å²) in [5, 5.41) is 0. The molecule has 0 aromatic rings. The van der Waals surface area contributed by atoms with E-state index < -0.39 is 0 Å². The molecule has 0 rings (SSSR count). The minimum absolute atomic E-state index is 0.0240. The van der Waals surface area contributed by atoms with Crippen LogP contribution in [0, 0.1) is 0 Å². The van der Waals surface area contributed by atoms with E-state index in [-0.39, 0.29) is 18.0 Å². The van der Waals surface area contributed by atoms with Gasteiger partial charge in [-0.3, -0.25) is 9.59 Å². The lowest BCUT2D eigenvalue weighted by molar-refractivity contribution is -0.150. The fraction of sp³-hybridized carbons (Fsp3) is 0.895. The van der Waals surface area contributed by atoms with Gasteiger partial charge in [-0.15, -0.1) is 0 Å². The second-order valence-electron chi connectivity index (χ2n) is 12.5. The summed E-state index contributed by atoms with van der Waals surface area (Å²) in [6.07, 6.45) is 39.0. The second-order valence-corrected chi connectivity index (χ2v) is 12.5. The van der Waals surface area contributed by atoms with Crippen LogP contribution in [0.25, 0.3) is 0 Å². The Hall–Kier alpha value is -1.32. The molecule has 0 radical (unpaired) electrons. The van der Waals surface area contributed by atoms with E-state index in [0.717, 1.165) is 44.9 Å². The molecule has 0 spiro atoms. The van der Waals surface area contributed by atoms with Crippen LogP contribution in [0.4, 0.5) is 0 Å². The third-order valence-electron chi connectivity index (χ3n) is 8.28. The molecule has 4 nitrogen and oxygen atoms in total. The first-order valence-electron chi connectivity index (χ1n) is 18.6. The van der Waals surface area contributed by atoms with E-state index in [4.69, 9.17) is 9.47 Å². The summed E-state index contributed by atoms with van der Waals surface area (Å²) in [4.78, 5) is 23.9. The smallest absolute Gasteiger partial charge is 0.306 e. The van der Waals surface area contributed by atoms with E-state index in [0.29, 0.717) is 19.4 Å². The van der Waals surface area contributed by atoms with Gasteiger partial charge in [0.1, 0.15) is 6.10 Å². The topological polar surface area (TPSA) is 52.6 Å². The standard InChI is InChI=1S/C38H72O4/c1-4-7-9-11-12-13-14-15-16-17-18-19-24-27-31-35-38(40)42-36(32-28-10-8-5-2)33-29-25-22-20-21-23-26-30-34-37(39)41-6-3/h15-16,36H,4-14,17-35H2,1-3H3/b16-15-. The van der Waals surface area contributed by atoms with E-state index in [2.05, 4.69) is 26.0 Å². The third kappa shape index (κ3) is 31.6. The predicted molar refractivity (Wildman–Crippen MR) is 181 cm³/mol. The minimum Gasteiger partial charge on any atom is -0.466 e. The maximum Gasteiger partial charge on any atom is 0.306 e. The maximum atomic E-state index is 12.6. The molecule has 0 N–H and O–H groups in total. The van der Waals surface area contributed by atoms with Crippen molar-refractivity contribution in [2.45, 2.75) is 213 Å². The molecule has 248 valence electrons. The lowest BCUT2D eigenvalue weighted by atomic mass is 10.0. The Kier molecular flexibility index (Phi) is 33.1. The predicted octanol–water partition coefficient (Wildman–Crippen LogP) is 12.4. The molecule has 42 heavy (non-hydrogen) atoms. The Balaban J connectivity index is 3.84. The van der Waals surface area contributed by atoms with Crippen molar-refractivity contribution in [1.82, 2.24) is 0 Å². The zero-order chi connectivity index (χ0) is 30.8. The molecule has 0 fully saturated rings. The molecular weight excluding hydrogens is 520 g/mol. The van der Waals surface area contributed by atoms with Crippen LogP contribution in [0.1, 0.15) is 207 Å². The maximum absolute atomic E-state index is 12.6. The highest BCUT2D eigenvalue weighted by atomic mass is 16.5. The highest BCUT2D eigenvalue weighted by molar-refractivity contribution is 5.69. The van der Waals surface area contributed by atoms with Crippen LogP contribution in [0.3, 0.4) is 0 Å². The van der Waals surface area contributed by atoms with Crippen molar-refractivity contribution >= 4 is 11.9 Å². The largest absolute Gasteiger partial charge is 0.466 e. The fourth-order valence-electron chi connectivity index (χ4n) is 5.58. The van der Waals surface area contributed by atoms with Gasteiger partial charge in [0.2, 0.25) is 0 Å². The number of esters is 2. The van der Waals surface area contributed by atoms with E-state index in [1.807, 2.05) is 6.92 Å². The van der Waals surface area contributed by atoms with Gasteiger partial charge >= 0.3 is 11.9 Å². The van der Waals surface area contributed by atoms with E-state index in [1.54, 1.807) is 0 Å². The summed E-state index contributed by atoms with van der Waals surface area (Å²) in [6.45, 7) is 6.86. The second kappa shape index (κ2) is 34.2. The number of unbranched alkanes of at least 4 members (excludes halogenated alkanes) is 21. The first-order chi connectivity index (χ1) is 20.6. The summed E-state index contributed by atoms with van der Waals surface area (Å²) in [6, 6.07) is 0. The Labute approximate surface area is 262 Å². The molecule has 0 aliphatic rings. The van der Waals surface area contributed by atoms with Gasteiger partial charge in [0.15, 0.2) is 0 Å². The number of hydrogen-bond donors (Lipinski definition) is 0. The molecule has 0 aromatic carbocycles. The number of hydrogen-bond acceptors (Lipinski definition) is 4. The average molecular weight is 593 g/mol. The Morgan fingerprint density at radius 2 is 0.857 bits per heavy atom. The van der Waals surface area contributed by atoms with Crippen LogP contribution < -0.4 is 0 Å². The first kappa shape index (κ1) is 40.7. The molecule has 0 aliphatic carbocycles. The molecule has 0 saturated carbocycles. The monoisotopic (exact) mass is 593 g/mol. The minimum atomic E-state index is -0.0601. The van der Waals surface area contributed by atoms with Gasteiger partial charge in [-0.25, -0.2) is 0 Å². The highest BCUT2D eigenvalue weighted by Gasteiger charge is 2.14. The van der Waals surface area contributed by atoms with Gasteiger partial charge in [-0.2, -0.15) is 0 Å². The van der Waals surface area contributed by atoms with Crippen molar-refractivity contribution in [3.8, 4) is 0 Å². The lowest BCUT2D eigenvalue weighted by Crippen LogP contribution is -2.18. The van der Waals surface area contributed by atoms with Crippen LogP contribution in [0.2, 0.25) is 0 Å². The molecule has 0 aliphatic heterocycles. The number of carbonyl (C=O) groups excluding carboxylic acids is 2. The first-order valence-corrected chi connectivity index (χ1v) is 18.6. The van der Waals surface area contributed by atoms with Crippen molar-refractivity contribution in [2.75, 3.05) is 6.61 Å². The molecule has 0 amide bonds. The molecule has 0 aromatic heterocycles. The Bertz CT molecular complexity index is 600. The Morgan fingerprint density at radius 1 is 0.476 bits per heavy atom. The number of carbonyl (C=O) groups is 2. The number of allylic oxidation sites excluding steroid dienone is 2. The third-order valence-corrected chi connectivity index (χ3v) is 8.28. The highest BCUT2D eigenvalue weighted by Crippen LogP contribution is 2.18. The van der Waals surface area contributed by atoms with Crippen LogP contribution in [0.15, 0.2) is 12.2 Å². The molecule has 0 bridgehead atoms. The summed E-state index contributed by atoms with van der Waals surface area (Å²) >= 11 is 0. The van der Waals surface area contributed by atoms with Gasteiger partial charge in [-0.05, 0) is 71.1 Å². The molecular formula is C38H72O4. The SMILES string of the molecule is CCCCCCCC/C=C\CCCCCCCC(=O)OC(CCCCCC)CCCCCCCCCCC(=O)OCC. The quantitative estimate of drug-likeness (QED) is 0.0432. The van der Waals surface area contributed by atoms with Gasteiger partial charge in [0.25, 0.3) is 0 Å². The van der Waals surface area contributed by atoms with E-state index in [1.165, 1.54) is 128 Å². The van der Waals surface area contributed by atoms with Gasteiger partial charge in [0, 0.05) is 12.8 Å². The zero-order valence-corrected chi connectivity index (χ0v) is 28.6. The fourth-order valence-corrected chi connectivity index (χ4v) is 5.58. The molecule has 1 atom stereocenters. The molecule has 0 saturated heterocycles. The van der Waals surface area contributed by atoms with Crippen molar-refractivity contribution < 1.29 is 19.1 Å². The summed E-state index contributed by atoms with van der Waals surface area (Å²) in [5.41, 5.74) is 0. The molecule has 4 heteroatoms. The Morgan fingerprint density at radius 3 is 1.33 bits per heavy atom. The van der Waals surface area contributed by atoms with Crippen LogP contribution in [-0.2, 0) is 19.1 Å². The number of rotatable bonds is 33. The number of ether oxygens (including phenoxy) is 2. The van der Waals surface area contributed by atoms with Gasteiger partial charge in [0.05, 0.1) is 6.61 Å². The summed E-state index contributed by atoms with van der Waals surface area (Å²) in [7, 11) is 0. The lowest BCUT2D eigenvalue weighted by Gasteiger charge is -2.18. The van der Waals surface area contributed by atoms with Crippen LogP contribution >= 0.6 is 0 Å². The average Bonchev–Trinajstić information content (AvgIpc) is 2.98. The van der Waals surface area contributed by atoms with Gasteiger partial charge in [-0.1, -0.05) is 135 Å². The van der Waals surface area contributed by atoms with E-state index >= 15 is 0 Å². The van der Waals surface area contributed by atoms with Crippen molar-refractivity contribution in [1.29, 1.82) is 0 Å². The van der Waals surface area contributed by atoms with Gasteiger partial charge < -0.3 is 9.47 Å². The van der Waals surface area contributed by atoms with Crippen molar-refractivity contribution in [2.24, 2.45) is 0 Å². The van der Waals surface area contributed by atoms with Crippen molar-refractivity contribution in [3.63, 3.8) is 0 Å². The zero-order valence-electron chi connectivity index (χ0n) is 28.6. The van der Waals surface area contributed by atoms with Crippen LogP contribution in [0.5, 0.6) is 0 Å². The molecule has 1 unspecified atom stereocenters. The molecule has 0 heterocycles. The normalized spacial score (nSPS) is 12.2. The van der Waals surface area contributed by atoms with Crippen molar-refractivity contribution in [3.05, 3.63) is 12.2 Å². The summed E-state index contributed by atoms with van der Waals surface area (Å²) in [5.74, 6) is -0.0361. The van der Waals surface area contributed by atoms with Crippen LogP contribution in [-0.4, -0.2) is 24.6 Å². The summed E-state index contributed by atoms with van der Waals surface area (Å²) < 4.78 is 11.0. The van der Waals surface area contributed by atoms with E-state index in [9.17, 15) is 9.59 Å².